The van der Waals surface area contributed by atoms with Crippen LogP contribution in [0, 0.1) is 0 Å². The number of hydrogen-bond donors (Lipinski definition) is 2. The molecule has 1 unspecified atom stereocenters. The van der Waals surface area contributed by atoms with Crippen LogP contribution in [0.1, 0.15) is 20.3 Å². The number of hydrogen-bond acceptors (Lipinski definition) is 3. The minimum absolute atomic E-state index is 0. The molecule has 0 aromatic rings. The highest BCUT2D eigenvalue weighted by Crippen LogP contribution is 2.30. The number of carboxylic acids is 1. The Hall–Kier alpha value is -0.320. The van der Waals surface area contributed by atoms with E-state index in [1.165, 1.54) is 0 Å². The van der Waals surface area contributed by atoms with Crippen LogP contribution in [0.4, 0.5) is 0 Å². The number of halogens is 1. The van der Waals surface area contributed by atoms with Crippen LogP contribution >= 0.6 is 12.4 Å². The van der Waals surface area contributed by atoms with Gasteiger partial charge in [0.15, 0.2) is 0 Å². The van der Waals surface area contributed by atoms with Gasteiger partial charge in [0.2, 0.25) is 0 Å². The largest absolute Gasteiger partial charge is 0.480 e. The zero-order valence-corrected chi connectivity index (χ0v) is 7.98. The summed E-state index contributed by atoms with van der Waals surface area (Å²) < 4.78 is 5.21. The average Bonchev–Trinajstić information content (AvgIpc) is 2.08. The quantitative estimate of drug-likeness (QED) is 0.635. The van der Waals surface area contributed by atoms with Crippen LogP contribution in [0.25, 0.3) is 0 Å². The molecule has 1 saturated heterocycles. The first-order valence-electron chi connectivity index (χ1n) is 3.52. The first-order valence-corrected chi connectivity index (χ1v) is 3.52. The summed E-state index contributed by atoms with van der Waals surface area (Å²) in [6.45, 7) is 3.78. The van der Waals surface area contributed by atoms with Crippen molar-refractivity contribution in [3.63, 3.8) is 0 Å². The molecule has 1 aliphatic heterocycles. The van der Waals surface area contributed by atoms with Crippen molar-refractivity contribution in [3.05, 3.63) is 0 Å². The van der Waals surface area contributed by atoms with E-state index < -0.39 is 17.1 Å². The molecule has 0 radical (unpaired) electrons. The van der Waals surface area contributed by atoms with E-state index in [9.17, 15) is 4.79 Å². The van der Waals surface area contributed by atoms with Gasteiger partial charge in [-0.25, -0.2) is 0 Å². The molecule has 3 N–H and O–H groups in total. The summed E-state index contributed by atoms with van der Waals surface area (Å²) in [5, 5.41) is 8.70. The second-order valence-electron chi connectivity index (χ2n) is 3.69. The molecule has 0 amide bonds. The summed E-state index contributed by atoms with van der Waals surface area (Å²) in [5.74, 6) is -0.983. The van der Waals surface area contributed by atoms with E-state index in [4.69, 9.17) is 15.6 Å². The highest BCUT2D eigenvalue weighted by atomic mass is 35.5. The lowest BCUT2D eigenvalue weighted by atomic mass is 9.92. The lowest BCUT2D eigenvalue weighted by molar-refractivity contribution is -0.143. The van der Waals surface area contributed by atoms with Gasteiger partial charge in [0, 0.05) is 6.42 Å². The summed E-state index contributed by atoms with van der Waals surface area (Å²) in [6.07, 6.45) is 0.370. The van der Waals surface area contributed by atoms with Gasteiger partial charge in [-0.2, -0.15) is 0 Å². The fraction of sp³-hybridized carbons (Fsp3) is 0.857. The van der Waals surface area contributed by atoms with Crippen LogP contribution < -0.4 is 5.73 Å². The first-order chi connectivity index (χ1) is 4.86. The van der Waals surface area contributed by atoms with Gasteiger partial charge in [0.05, 0.1) is 12.2 Å². The summed E-state index contributed by atoms with van der Waals surface area (Å²) in [5.41, 5.74) is 3.98. The van der Waals surface area contributed by atoms with Crippen molar-refractivity contribution in [2.24, 2.45) is 5.73 Å². The molecule has 0 bridgehead atoms. The molecule has 0 spiro atoms. The van der Waals surface area contributed by atoms with Crippen molar-refractivity contribution < 1.29 is 14.6 Å². The van der Waals surface area contributed by atoms with Crippen molar-refractivity contribution in [2.75, 3.05) is 6.61 Å². The predicted octanol–water partition coefficient (Wildman–Crippen LogP) is 0.389. The van der Waals surface area contributed by atoms with Crippen molar-refractivity contribution in [1.82, 2.24) is 0 Å². The van der Waals surface area contributed by atoms with Gasteiger partial charge in [-0.15, -0.1) is 12.4 Å². The summed E-state index contributed by atoms with van der Waals surface area (Å²) in [4.78, 5) is 10.6. The molecule has 1 aliphatic rings. The SMILES string of the molecule is CC1(C)CC(N)(C(=O)O)CO1.Cl. The third-order valence-corrected chi connectivity index (χ3v) is 1.89. The van der Waals surface area contributed by atoms with Crippen molar-refractivity contribution in [1.29, 1.82) is 0 Å². The van der Waals surface area contributed by atoms with E-state index in [0.717, 1.165) is 0 Å². The topological polar surface area (TPSA) is 72.6 Å². The molecule has 1 fully saturated rings. The molecule has 1 atom stereocenters. The Bertz CT molecular complexity index is 195. The third-order valence-electron chi connectivity index (χ3n) is 1.89. The molecule has 5 heteroatoms. The highest BCUT2D eigenvalue weighted by molar-refractivity contribution is 5.85. The lowest BCUT2D eigenvalue weighted by Gasteiger charge is -2.18. The van der Waals surface area contributed by atoms with Gasteiger partial charge in [-0.1, -0.05) is 0 Å². The van der Waals surface area contributed by atoms with Gasteiger partial charge in [-0.3, -0.25) is 4.79 Å². The lowest BCUT2D eigenvalue weighted by Crippen LogP contribution is -2.49. The van der Waals surface area contributed by atoms with Gasteiger partial charge in [0.25, 0.3) is 0 Å². The summed E-state index contributed by atoms with van der Waals surface area (Å²) in [7, 11) is 0. The molecule has 0 aromatic heterocycles. The third kappa shape index (κ3) is 2.09. The fourth-order valence-corrected chi connectivity index (χ4v) is 1.32. The molecule has 0 aromatic carbocycles. The minimum Gasteiger partial charge on any atom is -0.480 e. The number of nitrogens with two attached hydrogens (primary N) is 1. The number of ether oxygens (including phenoxy) is 1. The first kappa shape index (κ1) is 11.7. The molecule has 4 nitrogen and oxygen atoms in total. The van der Waals surface area contributed by atoms with Crippen LogP contribution in [-0.2, 0) is 9.53 Å². The Labute approximate surface area is 77.5 Å². The standard InChI is InChI=1S/C7H13NO3.ClH/c1-6(2)3-7(8,4-11-6)5(9)10;/h3-4,8H2,1-2H3,(H,9,10);1H. The zero-order valence-electron chi connectivity index (χ0n) is 7.16. The Morgan fingerprint density at radius 3 is 2.25 bits per heavy atom. The molecule has 1 heterocycles. The van der Waals surface area contributed by atoms with Crippen molar-refractivity contribution >= 4 is 18.4 Å². The van der Waals surface area contributed by atoms with Gasteiger partial charge >= 0.3 is 5.97 Å². The van der Waals surface area contributed by atoms with Crippen LogP contribution in [0.15, 0.2) is 0 Å². The maximum absolute atomic E-state index is 10.6. The minimum atomic E-state index is -1.18. The molecule has 12 heavy (non-hydrogen) atoms. The van der Waals surface area contributed by atoms with Crippen LogP contribution in [0.3, 0.4) is 0 Å². The maximum Gasteiger partial charge on any atom is 0.326 e. The number of carboxylic acid groups (broad SMARTS) is 1. The number of rotatable bonds is 1. The van der Waals surface area contributed by atoms with Crippen molar-refractivity contribution in [3.8, 4) is 0 Å². The van der Waals surface area contributed by atoms with Gasteiger partial charge in [-0.05, 0) is 13.8 Å². The van der Waals surface area contributed by atoms with Crippen LogP contribution in [0.5, 0.6) is 0 Å². The Morgan fingerprint density at radius 1 is 1.58 bits per heavy atom. The van der Waals surface area contributed by atoms with Crippen molar-refractivity contribution in [2.45, 2.75) is 31.4 Å². The molecule has 0 saturated carbocycles. The highest BCUT2D eigenvalue weighted by Gasteiger charge is 2.47. The molecule has 1 rings (SSSR count). The van der Waals surface area contributed by atoms with E-state index in [2.05, 4.69) is 0 Å². The summed E-state index contributed by atoms with van der Waals surface area (Å²) >= 11 is 0. The number of carbonyl (C=O) groups is 1. The van der Waals surface area contributed by atoms with Gasteiger partial charge < -0.3 is 15.6 Å². The Morgan fingerprint density at radius 2 is 2.08 bits per heavy atom. The molecular formula is C7H14ClNO3. The fourth-order valence-electron chi connectivity index (χ4n) is 1.32. The van der Waals surface area contributed by atoms with E-state index in [1.54, 1.807) is 0 Å². The summed E-state index contributed by atoms with van der Waals surface area (Å²) in [6, 6.07) is 0. The Balaban J connectivity index is 0.00000121. The van der Waals surface area contributed by atoms with E-state index in [0.29, 0.717) is 6.42 Å². The van der Waals surface area contributed by atoms with E-state index >= 15 is 0 Å². The average molecular weight is 196 g/mol. The zero-order chi connectivity index (χ0) is 8.70. The molecule has 0 aliphatic carbocycles. The van der Waals surface area contributed by atoms with Gasteiger partial charge in [0.1, 0.15) is 5.54 Å². The van der Waals surface area contributed by atoms with E-state index in [-0.39, 0.29) is 19.0 Å². The maximum atomic E-state index is 10.6. The van der Waals surface area contributed by atoms with E-state index in [1.807, 2.05) is 13.8 Å². The smallest absolute Gasteiger partial charge is 0.326 e. The molecule has 72 valence electrons. The predicted molar refractivity (Wildman–Crippen MR) is 46.5 cm³/mol. The Kier molecular flexibility index (Phi) is 3.12. The number of aliphatic carboxylic acids is 1. The van der Waals surface area contributed by atoms with Crippen LogP contribution in [-0.4, -0.2) is 28.8 Å². The monoisotopic (exact) mass is 195 g/mol. The normalized spacial score (nSPS) is 32.6. The van der Waals surface area contributed by atoms with Crippen LogP contribution in [0.2, 0.25) is 0 Å². The second kappa shape index (κ2) is 3.20. The second-order valence-corrected chi connectivity index (χ2v) is 3.69. The molecular weight excluding hydrogens is 182 g/mol.